The Morgan fingerprint density at radius 1 is 1.03 bits per heavy atom. The minimum atomic E-state index is -1.02. The van der Waals surface area contributed by atoms with Crippen LogP contribution in [0.3, 0.4) is 0 Å². The zero-order chi connectivity index (χ0) is 22.1. The van der Waals surface area contributed by atoms with E-state index in [0.29, 0.717) is 12.2 Å². The van der Waals surface area contributed by atoms with Crippen LogP contribution >= 0.6 is 0 Å². The first-order chi connectivity index (χ1) is 15.7. The average Bonchev–Trinajstić information content (AvgIpc) is 3.24. The van der Waals surface area contributed by atoms with E-state index in [2.05, 4.69) is 16.1 Å². The van der Waals surface area contributed by atoms with Crippen molar-refractivity contribution in [2.24, 2.45) is 0 Å². The molecule has 0 aliphatic carbocycles. The zero-order valence-electron chi connectivity index (χ0n) is 17.4. The number of carboxylic acid groups (broad SMARTS) is 1. The summed E-state index contributed by atoms with van der Waals surface area (Å²) in [7, 11) is 0. The maximum Gasteiger partial charge on any atom is 0.328 e. The third kappa shape index (κ3) is 3.41. The van der Waals surface area contributed by atoms with Crippen molar-refractivity contribution in [1.82, 2.24) is 19.7 Å². The summed E-state index contributed by atoms with van der Waals surface area (Å²) in [6, 6.07) is 19.8. The number of fused-ring (bicyclic) bond motifs is 2. The maximum absolute atomic E-state index is 11.4. The smallest absolute Gasteiger partial charge is 0.328 e. The van der Waals surface area contributed by atoms with Crippen LogP contribution < -0.4 is 0 Å². The van der Waals surface area contributed by atoms with Gasteiger partial charge >= 0.3 is 5.97 Å². The van der Waals surface area contributed by atoms with E-state index < -0.39 is 5.97 Å². The highest BCUT2D eigenvalue weighted by atomic mass is 16.4. The summed E-state index contributed by atoms with van der Waals surface area (Å²) >= 11 is 0. The fourth-order valence-electron chi connectivity index (χ4n) is 3.99. The molecule has 0 bridgehead atoms. The topological polar surface area (TPSA) is 80.9 Å². The van der Waals surface area contributed by atoms with Gasteiger partial charge in [-0.3, -0.25) is 4.98 Å². The molecule has 6 heteroatoms. The maximum atomic E-state index is 11.4. The number of carboxylic acids is 1. The molecular formula is C26H20N4O2. The predicted octanol–water partition coefficient (Wildman–Crippen LogP) is 5.43. The summed E-state index contributed by atoms with van der Waals surface area (Å²) < 4.78 is 1.85. The highest BCUT2D eigenvalue weighted by Gasteiger charge is 2.20. The molecule has 5 rings (SSSR count). The Kier molecular flexibility index (Phi) is 4.95. The molecule has 1 N–H and O–H groups in total. The van der Waals surface area contributed by atoms with Crippen LogP contribution in [0.1, 0.15) is 12.5 Å². The van der Waals surface area contributed by atoms with Crippen molar-refractivity contribution in [3.05, 3.63) is 84.7 Å². The molecule has 0 radical (unpaired) electrons. The van der Waals surface area contributed by atoms with E-state index in [-0.39, 0.29) is 0 Å². The minimum absolute atomic E-state index is 0.671. The summed E-state index contributed by atoms with van der Waals surface area (Å²) in [5.74, 6) is -1.02. The van der Waals surface area contributed by atoms with Crippen LogP contribution in [0.5, 0.6) is 0 Å². The number of pyridine rings is 2. The molecule has 0 atom stereocenters. The largest absolute Gasteiger partial charge is 0.478 e. The highest BCUT2D eigenvalue weighted by molar-refractivity contribution is 6.03. The van der Waals surface area contributed by atoms with Gasteiger partial charge in [-0.05, 0) is 25.1 Å². The SMILES string of the molecule is CCn1ncc2c(-c3cnc4ccccc4c3)c(/C=C/C(=O)O)c(-c3ccccc3)nc21. The number of aliphatic carboxylic acids is 1. The lowest BCUT2D eigenvalue weighted by Crippen LogP contribution is -2.01. The summed E-state index contributed by atoms with van der Waals surface area (Å²) in [6.07, 6.45) is 6.39. The van der Waals surface area contributed by atoms with Gasteiger partial charge in [-0.1, -0.05) is 48.5 Å². The van der Waals surface area contributed by atoms with Crippen LogP contribution in [-0.2, 0) is 11.3 Å². The van der Waals surface area contributed by atoms with Crippen molar-refractivity contribution in [1.29, 1.82) is 0 Å². The fraction of sp³-hybridized carbons (Fsp3) is 0.0769. The fourth-order valence-corrected chi connectivity index (χ4v) is 3.99. The zero-order valence-corrected chi connectivity index (χ0v) is 17.4. The molecule has 5 aromatic rings. The first-order valence-corrected chi connectivity index (χ1v) is 10.4. The third-order valence-corrected chi connectivity index (χ3v) is 5.44. The van der Waals surface area contributed by atoms with Crippen LogP contribution in [-0.4, -0.2) is 30.8 Å². The number of benzene rings is 2. The van der Waals surface area contributed by atoms with Crippen LogP contribution in [0.15, 0.2) is 79.1 Å². The van der Waals surface area contributed by atoms with E-state index in [1.165, 1.54) is 0 Å². The van der Waals surface area contributed by atoms with Crippen molar-refractivity contribution in [3.8, 4) is 22.4 Å². The molecule has 2 aromatic carbocycles. The minimum Gasteiger partial charge on any atom is -0.478 e. The van der Waals surface area contributed by atoms with Crippen LogP contribution in [0.4, 0.5) is 0 Å². The van der Waals surface area contributed by atoms with Crippen molar-refractivity contribution in [2.45, 2.75) is 13.5 Å². The number of para-hydroxylation sites is 1. The first kappa shape index (κ1) is 19.6. The molecule has 0 spiro atoms. The normalized spacial score (nSPS) is 11.5. The van der Waals surface area contributed by atoms with Gasteiger partial charge in [-0.25, -0.2) is 14.5 Å². The first-order valence-electron chi connectivity index (χ1n) is 10.4. The van der Waals surface area contributed by atoms with Crippen LogP contribution in [0, 0.1) is 0 Å². The van der Waals surface area contributed by atoms with E-state index >= 15 is 0 Å². The number of hydrogen-bond donors (Lipinski definition) is 1. The number of hydrogen-bond acceptors (Lipinski definition) is 4. The van der Waals surface area contributed by atoms with Crippen LogP contribution in [0.2, 0.25) is 0 Å². The molecule has 0 amide bonds. The Bertz CT molecular complexity index is 1490. The standard InChI is InChI=1S/C26H20N4O2/c1-2-30-26-21(16-28-30)24(19-14-18-10-6-7-11-22(18)27-15-19)20(12-13-23(31)32)25(29-26)17-8-4-3-5-9-17/h3-16H,2H2,1H3,(H,31,32)/b13-12+. The molecule has 6 nitrogen and oxygen atoms in total. The third-order valence-electron chi connectivity index (χ3n) is 5.44. The Morgan fingerprint density at radius 2 is 1.81 bits per heavy atom. The lowest BCUT2D eigenvalue weighted by molar-refractivity contribution is -0.131. The Balaban J connectivity index is 1.91. The van der Waals surface area contributed by atoms with Crippen molar-refractivity contribution < 1.29 is 9.90 Å². The molecule has 0 saturated heterocycles. The number of nitrogens with zero attached hydrogens (tertiary/aromatic N) is 4. The second-order valence-electron chi connectivity index (χ2n) is 7.40. The van der Waals surface area contributed by atoms with Gasteiger partial charge in [-0.2, -0.15) is 5.10 Å². The molecule has 0 saturated carbocycles. The number of aryl methyl sites for hydroxylation is 1. The van der Waals surface area contributed by atoms with E-state index in [1.54, 1.807) is 12.3 Å². The second kappa shape index (κ2) is 8.07. The van der Waals surface area contributed by atoms with E-state index in [0.717, 1.165) is 50.3 Å². The number of carbonyl (C=O) groups is 1. The van der Waals surface area contributed by atoms with Crippen LogP contribution in [0.25, 0.3) is 50.4 Å². The lowest BCUT2D eigenvalue weighted by atomic mass is 9.93. The quantitative estimate of drug-likeness (QED) is 0.383. The molecule has 0 aliphatic heterocycles. The average molecular weight is 420 g/mol. The van der Waals surface area contributed by atoms with Gasteiger partial charge < -0.3 is 5.11 Å². The molecule has 0 unspecified atom stereocenters. The molecule has 156 valence electrons. The summed E-state index contributed by atoms with van der Waals surface area (Å²) in [4.78, 5) is 21.0. The summed E-state index contributed by atoms with van der Waals surface area (Å²) in [5.41, 5.74) is 5.73. The molecule has 32 heavy (non-hydrogen) atoms. The summed E-state index contributed by atoms with van der Waals surface area (Å²) in [5, 5.41) is 15.7. The van der Waals surface area contributed by atoms with Gasteiger partial charge in [0, 0.05) is 51.8 Å². The van der Waals surface area contributed by atoms with E-state index in [1.807, 2.05) is 72.4 Å². The predicted molar refractivity (Wildman–Crippen MR) is 126 cm³/mol. The summed E-state index contributed by atoms with van der Waals surface area (Å²) in [6.45, 7) is 2.69. The van der Waals surface area contributed by atoms with Crippen molar-refractivity contribution in [2.75, 3.05) is 0 Å². The molecular weight excluding hydrogens is 400 g/mol. The van der Waals surface area contributed by atoms with Gasteiger partial charge in [0.25, 0.3) is 0 Å². The van der Waals surface area contributed by atoms with Crippen molar-refractivity contribution >= 4 is 34.0 Å². The highest BCUT2D eigenvalue weighted by Crippen LogP contribution is 2.38. The van der Waals surface area contributed by atoms with Crippen molar-refractivity contribution in [3.63, 3.8) is 0 Å². The molecule has 0 aliphatic rings. The van der Waals surface area contributed by atoms with Gasteiger partial charge in [0.15, 0.2) is 5.65 Å². The van der Waals surface area contributed by atoms with Gasteiger partial charge in [-0.15, -0.1) is 0 Å². The number of rotatable bonds is 5. The van der Waals surface area contributed by atoms with Gasteiger partial charge in [0.2, 0.25) is 0 Å². The van der Waals surface area contributed by atoms with Gasteiger partial charge in [0.05, 0.1) is 17.4 Å². The number of aromatic nitrogens is 4. The van der Waals surface area contributed by atoms with E-state index in [9.17, 15) is 9.90 Å². The Labute approximate surface area is 184 Å². The second-order valence-corrected chi connectivity index (χ2v) is 7.40. The van der Waals surface area contributed by atoms with Gasteiger partial charge in [0.1, 0.15) is 0 Å². The van der Waals surface area contributed by atoms with E-state index in [4.69, 9.17) is 4.98 Å². The Hall–Kier alpha value is -4.32. The Morgan fingerprint density at radius 3 is 2.59 bits per heavy atom. The molecule has 3 heterocycles. The molecule has 3 aromatic heterocycles. The molecule has 0 fully saturated rings. The monoisotopic (exact) mass is 420 g/mol. The lowest BCUT2D eigenvalue weighted by Gasteiger charge is -2.14.